The van der Waals surface area contributed by atoms with Crippen LogP contribution in [0.15, 0.2) is 27.6 Å². The average molecular weight is 316 g/mol. The van der Waals surface area contributed by atoms with Crippen molar-refractivity contribution in [3.8, 4) is 0 Å². The van der Waals surface area contributed by atoms with E-state index >= 15 is 0 Å². The molecule has 2 nitrogen and oxygen atoms in total. The second kappa shape index (κ2) is 5.79. The minimum Gasteiger partial charge on any atom is -0.399 e. The van der Waals surface area contributed by atoms with Crippen LogP contribution < -0.4 is 5.73 Å². The molecule has 0 aromatic heterocycles. The summed E-state index contributed by atoms with van der Waals surface area (Å²) in [6.45, 7) is -0.370. The van der Waals surface area contributed by atoms with Gasteiger partial charge in [0.2, 0.25) is 0 Å². The maximum absolute atomic E-state index is 11.7. The van der Waals surface area contributed by atoms with Crippen LogP contribution in [0, 0.1) is 0 Å². The van der Waals surface area contributed by atoms with Gasteiger partial charge in [-0.2, -0.15) is 0 Å². The second-order valence-electron chi connectivity index (χ2n) is 2.83. The number of nitrogen functional groups attached to an aromatic ring is 1. The number of hydrogen-bond donors (Lipinski definition) is 1. The summed E-state index contributed by atoms with van der Waals surface area (Å²) in [5, 5.41) is 0. The van der Waals surface area contributed by atoms with Gasteiger partial charge in [0.05, 0.1) is 6.61 Å². The molecule has 0 saturated carbocycles. The number of halogens is 4. The number of nitrogens with two attached hydrogens (primary N) is 1. The van der Waals surface area contributed by atoms with E-state index < -0.39 is 6.36 Å². The minimum atomic E-state index is -4.56. The van der Waals surface area contributed by atoms with Crippen LogP contribution in [-0.2, 0) is 4.74 Å². The highest BCUT2D eigenvalue weighted by molar-refractivity contribution is 9.10. The molecule has 0 unspecified atom stereocenters. The molecule has 0 aliphatic carbocycles. The molecule has 1 aromatic carbocycles. The maximum atomic E-state index is 11.7. The van der Waals surface area contributed by atoms with Gasteiger partial charge < -0.3 is 5.73 Å². The molecule has 16 heavy (non-hydrogen) atoms. The Morgan fingerprint density at radius 3 is 2.62 bits per heavy atom. The first-order valence-electron chi connectivity index (χ1n) is 4.27. The van der Waals surface area contributed by atoms with E-state index in [9.17, 15) is 13.2 Å². The minimum absolute atomic E-state index is 0.224. The fraction of sp³-hybridized carbons (Fsp3) is 0.333. The molecule has 2 N–H and O–H groups in total. The van der Waals surface area contributed by atoms with Gasteiger partial charge in [-0.1, -0.05) is 0 Å². The van der Waals surface area contributed by atoms with Crippen LogP contribution in [0.4, 0.5) is 18.9 Å². The lowest BCUT2D eigenvalue weighted by Gasteiger charge is -2.08. The van der Waals surface area contributed by atoms with Gasteiger partial charge >= 0.3 is 6.36 Å². The zero-order valence-corrected chi connectivity index (χ0v) is 10.5. The highest BCUT2D eigenvalue weighted by Crippen LogP contribution is 2.29. The Morgan fingerprint density at radius 1 is 1.38 bits per heavy atom. The molecule has 0 saturated heterocycles. The highest BCUT2D eigenvalue weighted by Gasteiger charge is 2.28. The first-order chi connectivity index (χ1) is 7.38. The zero-order chi connectivity index (χ0) is 12.2. The summed E-state index contributed by atoms with van der Waals surface area (Å²) in [7, 11) is 0. The van der Waals surface area contributed by atoms with E-state index in [0.717, 1.165) is 9.37 Å². The molecule has 0 amide bonds. The van der Waals surface area contributed by atoms with Crippen LogP contribution in [0.2, 0.25) is 0 Å². The monoisotopic (exact) mass is 315 g/mol. The van der Waals surface area contributed by atoms with Gasteiger partial charge in [0.15, 0.2) is 0 Å². The van der Waals surface area contributed by atoms with Gasteiger partial charge in [-0.05, 0) is 34.1 Å². The number of rotatable bonds is 4. The standard InChI is InChI=1S/C9H9BrF3NOS/c10-7-5-6(14)1-2-8(7)16-4-3-15-9(11,12)13/h1-2,5H,3-4,14H2. The molecule has 1 rings (SSSR count). The molecule has 0 heterocycles. The van der Waals surface area contributed by atoms with E-state index in [4.69, 9.17) is 5.73 Å². The molecule has 0 spiro atoms. The predicted octanol–water partition coefficient (Wildman–Crippen LogP) is 3.66. The van der Waals surface area contributed by atoms with Crippen LogP contribution >= 0.6 is 27.7 Å². The van der Waals surface area contributed by atoms with Crippen molar-refractivity contribution in [2.75, 3.05) is 18.1 Å². The number of alkyl halides is 3. The lowest BCUT2D eigenvalue weighted by Crippen LogP contribution is -2.15. The summed E-state index contributed by atoms with van der Waals surface area (Å²) < 4.78 is 39.4. The Morgan fingerprint density at radius 2 is 2.06 bits per heavy atom. The summed E-state index contributed by atoms with van der Waals surface area (Å²) in [6, 6.07) is 5.14. The fourth-order valence-corrected chi connectivity index (χ4v) is 2.43. The Kier molecular flexibility index (Phi) is 4.94. The van der Waals surface area contributed by atoms with E-state index in [1.54, 1.807) is 18.2 Å². The second-order valence-corrected chi connectivity index (χ2v) is 4.82. The molecular formula is C9H9BrF3NOS. The third kappa shape index (κ3) is 5.09. The quantitative estimate of drug-likeness (QED) is 0.523. The third-order valence-electron chi connectivity index (χ3n) is 1.56. The van der Waals surface area contributed by atoms with Crippen LogP contribution in [0.1, 0.15) is 0 Å². The molecule has 0 radical (unpaired) electrons. The Balaban J connectivity index is 2.38. The molecule has 90 valence electrons. The lowest BCUT2D eigenvalue weighted by molar-refractivity contribution is -0.322. The number of anilines is 1. The predicted molar refractivity (Wildman–Crippen MR) is 61.3 cm³/mol. The van der Waals surface area contributed by atoms with E-state index in [-0.39, 0.29) is 12.4 Å². The molecule has 0 atom stereocenters. The van der Waals surface area contributed by atoms with Crippen molar-refractivity contribution >= 4 is 33.4 Å². The lowest BCUT2D eigenvalue weighted by atomic mass is 10.3. The van der Waals surface area contributed by atoms with Gasteiger partial charge in [0.1, 0.15) is 0 Å². The first-order valence-corrected chi connectivity index (χ1v) is 6.05. The van der Waals surface area contributed by atoms with Crippen molar-refractivity contribution in [3.05, 3.63) is 22.7 Å². The maximum Gasteiger partial charge on any atom is 0.522 e. The molecule has 0 bridgehead atoms. The molecule has 0 aliphatic heterocycles. The van der Waals surface area contributed by atoms with Crippen molar-refractivity contribution in [2.24, 2.45) is 0 Å². The molecule has 1 aromatic rings. The molecule has 0 aliphatic rings. The normalized spacial score (nSPS) is 11.8. The Labute approximate surface area is 103 Å². The van der Waals surface area contributed by atoms with E-state index in [1.165, 1.54) is 11.8 Å². The van der Waals surface area contributed by atoms with E-state index in [1.807, 2.05) is 0 Å². The van der Waals surface area contributed by atoms with Crippen molar-refractivity contribution in [3.63, 3.8) is 0 Å². The number of benzene rings is 1. The zero-order valence-electron chi connectivity index (χ0n) is 8.05. The van der Waals surface area contributed by atoms with Crippen molar-refractivity contribution in [1.82, 2.24) is 0 Å². The van der Waals surface area contributed by atoms with Crippen LogP contribution in [-0.4, -0.2) is 18.7 Å². The van der Waals surface area contributed by atoms with Gasteiger partial charge in [-0.25, -0.2) is 0 Å². The van der Waals surface area contributed by atoms with E-state index in [0.29, 0.717) is 5.69 Å². The Bertz CT molecular complexity index is 359. The smallest absolute Gasteiger partial charge is 0.399 e. The van der Waals surface area contributed by atoms with Gasteiger partial charge in [-0.15, -0.1) is 24.9 Å². The fourth-order valence-electron chi connectivity index (χ4n) is 0.943. The molecule has 0 fully saturated rings. The van der Waals surface area contributed by atoms with Crippen LogP contribution in [0.3, 0.4) is 0 Å². The topological polar surface area (TPSA) is 35.2 Å². The van der Waals surface area contributed by atoms with Crippen molar-refractivity contribution in [1.29, 1.82) is 0 Å². The molecule has 7 heteroatoms. The first kappa shape index (κ1) is 13.7. The summed E-state index contributed by atoms with van der Waals surface area (Å²) in [5.74, 6) is 0.224. The summed E-state index contributed by atoms with van der Waals surface area (Å²) >= 11 is 4.54. The van der Waals surface area contributed by atoms with Crippen LogP contribution in [0.25, 0.3) is 0 Å². The average Bonchev–Trinajstić information content (AvgIpc) is 2.13. The van der Waals surface area contributed by atoms with Gasteiger partial charge in [-0.3, -0.25) is 4.74 Å². The number of thioether (sulfide) groups is 1. The summed E-state index contributed by atoms with van der Waals surface area (Å²) in [4.78, 5) is 0.833. The van der Waals surface area contributed by atoms with Crippen LogP contribution in [0.5, 0.6) is 0 Å². The number of ether oxygens (including phenoxy) is 1. The molecular weight excluding hydrogens is 307 g/mol. The largest absolute Gasteiger partial charge is 0.522 e. The number of hydrogen-bond acceptors (Lipinski definition) is 3. The summed E-state index contributed by atoms with van der Waals surface area (Å²) in [5.41, 5.74) is 6.13. The highest BCUT2D eigenvalue weighted by atomic mass is 79.9. The SMILES string of the molecule is Nc1ccc(SCCOC(F)(F)F)c(Br)c1. The van der Waals surface area contributed by atoms with Crippen molar-refractivity contribution < 1.29 is 17.9 Å². The Hall–Kier alpha value is -0.400. The van der Waals surface area contributed by atoms with Gasteiger partial charge in [0, 0.05) is 20.8 Å². The third-order valence-corrected chi connectivity index (χ3v) is 3.52. The van der Waals surface area contributed by atoms with E-state index in [2.05, 4.69) is 20.7 Å². The van der Waals surface area contributed by atoms with Gasteiger partial charge in [0.25, 0.3) is 0 Å². The van der Waals surface area contributed by atoms with Crippen molar-refractivity contribution in [2.45, 2.75) is 11.3 Å². The summed E-state index contributed by atoms with van der Waals surface area (Å²) in [6.07, 6.45) is -4.56.